The molecule has 0 spiro atoms. The van der Waals surface area contributed by atoms with Gasteiger partial charge in [-0.1, -0.05) is 42.5 Å². The smallest absolute Gasteiger partial charge is 0.236 e. The van der Waals surface area contributed by atoms with E-state index >= 15 is 0 Å². The normalized spacial score (nSPS) is 12.2. The molecule has 8 heteroatoms. The van der Waals surface area contributed by atoms with Crippen molar-refractivity contribution in [3.63, 3.8) is 0 Å². The summed E-state index contributed by atoms with van der Waals surface area (Å²) in [4.78, 5) is 14.0. The van der Waals surface area contributed by atoms with E-state index in [0.717, 1.165) is 22.1 Å². The van der Waals surface area contributed by atoms with Crippen LogP contribution in [0.2, 0.25) is 0 Å². The summed E-state index contributed by atoms with van der Waals surface area (Å²) >= 11 is 0. The summed E-state index contributed by atoms with van der Waals surface area (Å²) in [5, 5.41) is -0.0649. The highest BCUT2D eigenvalue weighted by Crippen LogP contribution is 2.32. The molecule has 6 aromatic rings. The fourth-order valence-corrected chi connectivity index (χ4v) is 5.40. The Morgan fingerprint density at radius 1 is 0.719 bits per heavy atom. The van der Waals surface area contributed by atoms with Gasteiger partial charge in [0.15, 0.2) is 5.03 Å². The van der Waals surface area contributed by atoms with Crippen molar-refractivity contribution in [3.05, 3.63) is 85.1 Å². The molecule has 0 saturated heterocycles. The quantitative estimate of drug-likeness (QED) is 0.385. The molecule has 0 bridgehead atoms. The van der Waals surface area contributed by atoms with Crippen LogP contribution in [0.25, 0.3) is 39.2 Å². The van der Waals surface area contributed by atoms with Crippen LogP contribution in [0, 0.1) is 0 Å². The molecule has 0 aliphatic carbocycles. The molecular formula is C24H17N5O2S. The predicted octanol–water partition coefficient (Wildman–Crippen LogP) is 4.27. The Morgan fingerprint density at radius 2 is 1.34 bits per heavy atom. The van der Waals surface area contributed by atoms with Crippen LogP contribution in [-0.4, -0.2) is 32.3 Å². The summed E-state index contributed by atoms with van der Waals surface area (Å²) < 4.78 is 31.1. The summed E-state index contributed by atoms with van der Waals surface area (Å²) in [7, 11) is -2.04. The zero-order valence-corrected chi connectivity index (χ0v) is 17.9. The lowest BCUT2D eigenvalue weighted by molar-refractivity contribution is 0.592. The molecule has 0 saturated carbocycles. The first-order chi connectivity index (χ1) is 15.5. The van der Waals surface area contributed by atoms with Crippen LogP contribution in [0.4, 0.5) is 0 Å². The highest BCUT2D eigenvalue weighted by molar-refractivity contribution is 7.91. The molecule has 3 aromatic heterocycles. The van der Waals surface area contributed by atoms with Crippen LogP contribution in [0.5, 0.6) is 0 Å². The third-order valence-electron chi connectivity index (χ3n) is 5.60. The monoisotopic (exact) mass is 439 g/mol. The van der Waals surface area contributed by atoms with Crippen LogP contribution < -0.4 is 0 Å². The molecule has 0 amide bonds. The summed E-state index contributed by atoms with van der Waals surface area (Å²) in [5.41, 5.74) is 3.69. The van der Waals surface area contributed by atoms with Crippen molar-refractivity contribution in [1.29, 1.82) is 0 Å². The van der Waals surface area contributed by atoms with E-state index < -0.39 is 9.84 Å². The summed E-state index contributed by atoms with van der Waals surface area (Å²) in [6.07, 6.45) is 1.77. The predicted molar refractivity (Wildman–Crippen MR) is 122 cm³/mol. The maximum Gasteiger partial charge on any atom is 0.236 e. The van der Waals surface area contributed by atoms with Gasteiger partial charge in [0, 0.05) is 13.2 Å². The Balaban J connectivity index is 1.74. The first kappa shape index (κ1) is 18.7. The summed E-state index contributed by atoms with van der Waals surface area (Å²) in [5.74, 6) is 0.844. The minimum absolute atomic E-state index is 0.0649. The van der Waals surface area contributed by atoms with E-state index in [1.807, 2.05) is 64.5 Å². The molecule has 32 heavy (non-hydrogen) atoms. The molecule has 0 aliphatic rings. The number of rotatable bonds is 3. The molecule has 0 radical (unpaired) electrons. The van der Waals surface area contributed by atoms with Gasteiger partial charge in [-0.3, -0.25) is 4.40 Å². The molecule has 7 nitrogen and oxygen atoms in total. The molecule has 0 unspecified atom stereocenters. The second kappa shape index (κ2) is 6.73. The van der Waals surface area contributed by atoms with Crippen molar-refractivity contribution in [2.45, 2.75) is 9.92 Å². The minimum atomic E-state index is -3.92. The second-order valence-corrected chi connectivity index (χ2v) is 9.39. The van der Waals surface area contributed by atoms with Gasteiger partial charge in [0.2, 0.25) is 15.6 Å². The lowest BCUT2D eigenvalue weighted by Crippen LogP contribution is -2.10. The molecule has 6 rings (SSSR count). The number of fused-ring (bicyclic) bond motifs is 4. The molecule has 0 atom stereocenters. The minimum Gasteiger partial charge on any atom is -0.327 e. The standard InChI is InChI=1S/C24H17N5O2S/c1-28-20-13-7-5-11-18(20)25-22(28)17-15-29-21-14-8-6-12-19(21)26-24(29)27-23(17)32(30,31)16-9-3-2-4-10-16/h2-15H,1H3. The van der Waals surface area contributed by atoms with Gasteiger partial charge in [-0.25, -0.2) is 18.4 Å². The fourth-order valence-electron chi connectivity index (χ4n) is 4.03. The van der Waals surface area contributed by atoms with Crippen molar-refractivity contribution in [2.75, 3.05) is 0 Å². The first-order valence-electron chi connectivity index (χ1n) is 10.0. The van der Waals surface area contributed by atoms with Crippen molar-refractivity contribution in [3.8, 4) is 11.4 Å². The number of imidazole rings is 2. The Hall–Kier alpha value is -4.04. The summed E-state index contributed by atoms with van der Waals surface area (Å²) in [6.45, 7) is 0. The SMILES string of the molecule is Cn1c(-c2cn3c(nc2S(=O)(=O)c2ccccc2)nc2ccccc23)nc2ccccc21. The van der Waals surface area contributed by atoms with Gasteiger partial charge in [-0.15, -0.1) is 0 Å². The van der Waals surface area contributed by atoms with Crippen LogP contribution >= 0.6 is 0 Å². The van der Waals surface area contributed by atoms with Crippen LogP contribution in [0.15, 0.2) is 95.0 Å². The van der Waals surface area contributed by atoms with E-state index in [9.17, 15) is 8.42 Å². The third-order valence-corrected chi connectivity index (χ3v) is 7.32. The lowest BCUT2D eigenvalue weighted by Gasteiger charge is -2.11. The van der Waals surface area contributed by atoms with Gasteiger partial charge in [0.05, 0.1) is 32.5 Å². The largest absolute Gasteiger partial charge is 0.327 e. The second-order valence-electron chi connectivity index (χ2n) is 7.53. The van der Waals surface area contributed by atoms with Gasteiger partial charge in [-0.2, -0.15) is 4.98 Å². The van der Waals surface area contributed by atoms with E-state index in [1.54, 1.807) is 36.5 Å². The van der Waals surface area contributed by atoms with Crippen LogP contribution in [0.1, 0.15) is 0 Å². The van der Waals surface area contributed by atoms with Gasteiger partial charge in [-0.05, 0) is 36.4 Å². The maximum atomic E-state index is 13.7. The number of sulfone groups is 1. The lowest BCUT2D eigenvalue weighted by atomic mass is 10.3. The first-order valence-corrected chi connectivity index (χ1v) is 11.5. The fraction of sp³-hybridized carbons (Fsp3) is 0.0417. The number of benzene rings is 3. The average molecular weight is 440 g/mol. The zero-order chi connectivity index (χ0) is 21.9. The Kier molecular flexibility index (Phi) is 3.93. The number of aryl methyl sites for hydroxylation is 1. The highest BCUT2D eigenvalue weighted by atomic mass is 32.2. The van der Waals surface area contributed by atoms with Crippen molar-refractivity contribution < 1.29 is 8.42 Å². The molecular weight excluding hydrogens is 422 g/mol. The number of aromatic nitrogens is 5. The number of para-hydroxylation sites is 4. The molecule has 0 N–H and O–H groups in total. The number of nitrogens with zero attached hydrogens (tertiary/aromatic N) is 5. The van der Waals surface area contributed by atoms with E-state index in [-0.39, 0.29) is 9.92 Å². The Labute approximate surface area is 183 Å². The number of hydrogen-bond donors (Lipinski definition) is 0. The van der Waals surface area contributed by atoms with E-state index in [2.05, 4.69) is 9.97 Å². The average Bonchev–Trinajstić information content (AvgIpc) is 3.36. The summed E-state index contributed by atoms with van der Waals surface area (Å²) in [6, 6.07) is 23.6. The van der Waals surface area contributed by atoms with Gasteiger partial charge in [0.25, 0.3) is 0 Å². The molecule has 3 heterocycles. The van der Waals surface area contributed by atoms with Gasteiger partial charge < -0.3 is 4.57 Å². The van der Waals surface area contributed by atoms with E-state index in [4.69, 9.17) is 4.98 Å². The molecule has 3 aromatic carbocycles. The van der Waals surface area contributed by atoms with Gasteiger partial charge in [0.1, 0.15) is 5.82 Å². The van der Waals surface area contributed by atoms with Gasteiger partial charge >= 0.3 is 0 Å². The van der Waals surface area contributed by atoms with Crippen LogP contribution in [0.3, 0.4) is 0 Å². The van der Waals surface area contributed by atoms with Crippen molar-refractivity contribution >= 4 is 37.7 Å². The molecule has 0 fully saturated rings. The Morgan fingerprint density at radius 3 is 2.06 bits per heavy atom. The van der Waals surface area contributed by atoms with E-state index in [0.29, 0.717) is 17.2 Å². The topological polar surface area (TPSA) is 82.1 Å². The highest BCUT2D eigenvalue weighted by Gasteiger charge is 2.28. The zero-order valence-electron chi connectivity index (χ0n) is 17.0. The van der Waals surface area contributed by atoms with Crippen LogP contribution in [-0.2, 0) is 16.9 Å². The van der Waals surface area contributed by atoms with E-state index in [1.165, 1.54) is 0 Å². The third kappa shape index (κ3) is 2.66. The van der Waals surface area contributed by atoms with Crippen molar-refractivity contribution in [1.82, 2.24) is 23.9 Å². The van der Waals surface area contributed by atoms with Crippen molar-refractivity contribution in [2.24, 2.45) is 7.05 Å². The maximum absolute atomic E-state index is 13.7. The number of hydrogen-bond acceptors (Lipinski definition) is 5. The Bertz CT molecular complexity index is 1750. The molecule has 0 aliphatic heterocycles. The molecule has 156 valence electrons.